The molecule has 2 N–H and O–H groups in total. The zero-order valence-electron chi connectivity index (χ0n) is 13.1. The van der Waals surface area contributed by atoms with E-state index in [1.807, 2.05) is 17.9 Å². The van der Waals surface area contributed by atoms with E-state index in [0.717, 1.165) is 43.5 Å². The van der Waals surface area contributed by atoms with Gasteiger partial charge in [0.05, 0.1) is 0 Å². The summed E-state index contributed by atoms with van der Waals surface area (Å²) in [5.41, 5.74) is 9.35. The Balaban J connectivity index is 1.64. The van der Waals surface area contributed by atoms with Crippen LogP contribution in [0.3, 0.4) is 0 Å². The van der Waals surface area contributed by atoms with Crippen LogP contribution in [0.5, 0.6) is 0 Å². The minimum Gasteiger partial charge on any atom is -0.398 e. The maximum atomic E-state index is 13.5. The molecule has 1 amide bonds. The molecular weight excluding hydrogens is 279 g/mol. The van der Waals surface area contributed by atoms with Gasteiger partial charge in [-0.25, -0.2) is 4.39 Å². The average molecular weight is 302 g/mol. The lowest BCUT2D eigenvalue weighted by atomic mass is 9.98. The molecule has 0 atom stereocenters. The number of likely N-dealkylation sites (tertiary alicyclic amines) is 1. The summed E-state index contributed by atoms with van der Waals surface area (Å²) in [7, 11) is 0. The maximum Gasteiger partial charge on any atom is 0.222 e. The van der Waals surface area contributed by atoms with Gasteiger partial charge in [-0.05, 0) is 61.8 Å². The number of nitrogens with zero attached hydrogens (tertiary/aromatic N) is 1. The number of hydrogen-bond donors (Lipinski definition) is 1. The van der Waals surface area contributed by atoms with Crippen molar-refractivity contribution in [1.29, 1.82) is 0 Å². The molecule has 3 rings (SSSR count). The van der Waals surface area contributed by atoms with Crippen molar-refractivity contribution >= 4 is 17.7 Å². The third kappa shape index (κ3) is 3.49. The fourth-order valence-corrected chi connectivity index (χ4v) is 2.98. The highest BCUT2D eigenvalue weighted by molar-refractivity contribution is 5.77. The van der Waals surface area contributed by atoms with Gasteiger partial charge in [-0.2, -0.15) is 0 Å². The van der Waals surface area contributed by atoms with Crippen LogP contribution in [0.15, 0.2) is 17.7 Å². The number of piperidine rings is 1. The molecule has 0 unspecified atom stereocenters. The summed E-state index contributed by atoms with van der Waals surface area (Å²) in [6.07, 6.45) is 6.92. The van der Waals surface area contributed by atoms with Crippen LogP contribution >= 0.6 is 0 Å². The van der Waals surface area contributed by atoms with Crippen LogP contribution in [0.25, 0.3) is 6.08 Å². The van der Waals surface area contributed by atoms with Crippen molar-refractivity contribution in [3.8, 4) is 0 Å². The highest BCUT2D eigenvalue weighted by Crippen LogP contribution is 2.33. The molecule has 1 aromatic carbocycles. The lowest BCUT2D eigenvalue weighted by Gasteiger charge is -2.28. The van der Waals surface area contributed by atoms with E-state index in [1.165, 1.54) is 30.5 Å². The minimum absolute atomic E-state index is 0.299. The van der Waals surface area contributed by atoms with Crippen molar-refractivity contribution in [1.82, 2.24) is 4.90 Å². The van der Waals surface area contributed by atoms with E-state index >= 15 is 0 Å². The number of halogens is 1. The quantitative estimate of drug-likeness (QED) is 0.868. The van der Waals surface area contributed by atoms with Crippen molar-refractivity contribution in [3.05, 3.63) is 34.6 Å². The van der Waals surface area contributed by atoms with E-state index in [0.29, 0.717) is 17.5 Å². The lowest BCUT2D eigenvalue weighted by Crippen LogP contribution is -2.36. The molecule has 4 heteroatoms. The molecule has 1 saturated heterocycles. The molecular formula is C18H23FN2O. The van der Waals surface area contributed by atoms with Crippen molar-refractivity contribution in [2.75, 3.05) is 18.8 Å². The van der Waals surface area contributed by atoms with E-state index in [9.17, 15) is 9.18 Å². The van der Waals surface area contributed by atoms with Crippen LogP contribution in [0, 0.1) is 18.7 Å². The van der Waals surface area contributed by atoms with E-state index < -0.39 is 0 Å². The van der Waals surface area contributed by atoms with E-state index in [-0.39, 0.29) is 5.82 Å². The normalized spacial score (nSPS) is 18.5. The second-order valence-corrected chi connectivity index (χ2v) is 6.54. The zero-order valence-corrected chi connectivity index (χ0v) is 13.1. The number of rotatable bonds is 3. The van der Waals surface area contributed by atoms with E-state index in [4.69, 9.17) is 5.73 Å². The van der Waals surface area contributed by atoms with Gasteiger partial charge in [-0.1, -0.05) is 11.6 Å². The molecule has 118 valence electrons. The van der Waals surface area contributed by atoms with Crippen LogP contribution in [0.4, 0.5) is 10.1 Å². The molecule has 22 heavy (non-hydrogen) atoms. The van der Waals surface area contributed by atoms with E-state index in [1.54, 1.807) is 0 Å². The summed E-state index contributed by atoms with van der Waals surface area (Å²) >= 11 is 0. The van der Waals surface area contributed by atoms with Gasteiger partial charge in [0.2, 0.25) is 5.91 Å². The average Bonchev–Trinajstić information content (AvgIpc) is 3.29. The van der Waals surface area contributed by atoms with Gasteiger partial charge in [-0.15, -0.1) is 0 Å². The predicted molar refractivity (Wildman–Crippen MR) is 86.7 cm³/mol. The highest BCUT2D eigenvalue weighted by atomic mass is 19.1. The minimum atomic E-state index is -0.299. The number of nitrogen functional groups attached to an aromatic ring is 1. The Morgan fingerprint density at radius 1 is 1.36 bits per heavy atom. The fourth-order valence-electron chi connectivity index (χ4n) is 2.98. The molecule has 1 heterocycles. The molecule has 3 nitrogen and oxygen atoms in total. The predicted octanol–water partition coefficient (Wildman–Crippen LogP) is 3.52. The first-order valence-electron chi connectivity index (χ1n) is 8.06. The molecule has 1 aliphatic heterocycles. The van der Waals surface area contributed by atoms with Crippen LogP contribution in [0.1, 0.15) is 43.2 Å². The molecule has 0 spiro atoms. The maximum absolute atomic E-state index is 13.5. The first-order valence-corrected chi connectivity index (χ1v) is 8.06. The van der Waals surface area contributed by atoms with Crippen molar-refractivity contribution in [2.24, 2.45) is 5.92 Å². The Labute approximate surface area is 131 Å². The molecule has 0 aromatic heterocycles. The van der Waals surface area contributed by atoms with Gasteiger partial charge in [-0.3, -0.25) is 4.79 Å². The van der Waals surface area contributed by atoms with Gasteiger partial charge < -0.3 is 10.6 Å². The highest BCUT2D eigenvalue weighted by Gasteiger charge is 2.28. The van der Waals surface area contributed by atoms with Gasteiger partial charge in [0.15, 0.2) is 0 Å². The Morgan fingerprint density at radius 2 is 2.05 bits per heavy atom. The topological polar surface area (TPSA) is 46.3 Å². The Bertz CT molecular complexity index is 610. The number of benzene rings is 1. The zero-order chi connectivity index (χ0) is 15.7. The first kappa shape index (κ1) is 15.1. The second-order valence-electron chi connectivity index (χ2n) is 6.54. The molecule has 0 bridgehead atoms. The molecule has 2 aliphatic rings. The van der Waals surface area contributed by atoms with Crippen molar-refractivity contribution < 1.29 is 9.18 Å². The van der Waals surface area contributed by atoms with Crippen molar-refractivity contribution in [2.45, 2.75) is 39.0 Å². The molecule has 1 aromatic rings. The number of nitrogens with two attached hydrogens (primary N) is 1. The third-order valence-corrected chi connectivity index (χ3v) is 4.73. The molecule has 1 aliphatic carbocycles. The van der Waals surface area contributed by atoms with E-state index in [2.05, 4.69) is 0 Å². The molecule has 2 fully saturated rings. The molecule has 0 radical (unpaired) electrons. The number of hydrogen-bond acceptors (Lipinski definition) is 2. The molecule has 1 saturated carbocycles. The summed E-state index contributed by atoms with van der Waals surface area (Å²) in [5, 5.41) is 0. The second kappa shape index (κ2) is 6.11. The van der Waals surface area contributed by atoms with Crippen molar-refractivity contribution in [3.63, 3.8) is 0 Å². The summed E-state index contributed by atoms with van der Waals surface area (Å²) in [6, 6.07) is 2.89. The standard InChI is InChI=1S/C18H23FN2O/c1-12-15(10-16(19)11-17(12)20)8-14-4-6-21(7-5-14)18(22)9-13-2-3-13/h8,10-11,13H,2-7,9,20H2,1H3. The SMILES string of the molecule is Cc1c(N)cc(F)cc1C=C1CCN(C(=O)CC2CC2)CC1. The van der Waals surface area contributed by atoms with Crippen LogP contribution < -0.4 is 5.73 Å². The number of carbonyl (C=O) groups is 1. The smallest absolute Gasteiger partial charge is 0.222 e. The third-order valence-electron chi connectivity index (χ3n) is 4.73. The first-order chi connectivity index (χ1) is 10.5. The summed E-state index contributed by atoms with van der Waals surface area (Å²) in [6.45, 7) is 3.47. The lowest BCUT2D eigenvalue weighted by molar-refractivity contribution is -0.132. The fraction of sp³-hybridized carbons (Fsp3) is 0.500. The van der Waals surface area contributed by atoms with Gasteiger partial charge in [0.25, 0.3) is 0 Å². The largest absolute Gasteiger partial charge is 0.398 e. The Morgan fingerprint density at radius 3 is 2.68 bits per heavy atom. The summed E-state index contributed by atoms with van der Waals surface area (Å²) < 4.78 is 13.5. The van der Waals surface area contributed by atoms with Crippen LogP contribution in [-0.4, -0.2) is 23.9 Å². The Kier molecular flexibility index (Phi) is 4.19. The number of carbonyl (C=O) groups excluding carboxylic acids is 1. The van der Waals surface area contributed by atoms with Crippen LogP contribution in [0.2, 0.25) is 0 Å². The number of amides is 1. The summed E-state index contributed by atoms with van der Waals surface area (Å²) in [4.78, 5) is 14.1. The number of anilines is 1. The Hall–Kier alpha value is -1.84. The van der Waals surface area contributed by atoms with Gasteiger partial charge in [0.1, 0.15) is 5.82 Å². The van der Waals surface area contributed by atoms with Crippen LogP contribution in [-0.2, 0) is 4.79 Å². The van der Waals surface area contributed by atoms with Gasteiger partial charge in [0, 0.05) is 25.2 Å². The summed E-state index contributed by atoms with van der Waals surface area (Å²) in [5.74, 6) is 0.641. The van der Waals surface area contributed by atoms with Gasteiger partial charge >= 0.3 is 0 Å². The monoisotopic (exact) mass is 302 g/mol.